The van der Waals surface area contributed by atoms with Crippen LogP contribution in [0.5, 0.6) is 0 Å². The van der Waals surface area contributed by atoms with Crippen LogP contribution in [-0.2, 0) is 5.41 Å². The molecule has 0 saturated heterocycles. The molecule has 0 aliphatic carbocycles. The van der Waals surface area contributed by atoms with E-state index in [1.54, 1.807) is 17.7 Å². The summed E-state index contributed by atoms with van der Waals surface area (Å²) in [5, 5.41) is 8.04. The van der Waals surface area contributed by atoms with Gasteiger partial charge in [-0.15, -0.1) is 11.3 Å². The summed E-state index contributed by atoms with van der Waals surface area (Å²) < 4.78 is 7.41. The van der Waals surface area contributed by atoms with Crippen LogP contribution in [0.2, 0.25) is 0 Å². The van der Waals surface area contributed by atoms with E-state index in [0.29, 0.717) is 5.71 Å². The van der Waals surface area contributed by atoms with Crippen molar-refractivity contribution >= 4 is 54.3 Å². The number of aryl methyl sites for hydroxylation is 1. The number of furan rings is 1. The van der Waals surface area contributed by atoms with Crippen molar-refractivity contribution in [3.05, 3.63) is 71.4 Å². The number of aromatic nitrogens is 2. The Balaban J connectivity index is 1.72. The van der Waals surface area contributed by atoms with E-state index in [1.165, 1.54) is 32.0 Å². The summed E-state index contributed by atoms with van der Waals surface area (Å²) in [5.41, 5.74) is 6.14. The summed E-state index contributed by atoms with van der Waals surface area (Å²) in [6.07, 6.45) is 1.61. The highest BCUT2D eigenvalue weighted by Crippen LogP contribution is 2.40. The lowest BCUT2D eigenvalue weighted by Crippen LogP contribution is -2.12. The minimum absolute atomic E-state index is 0.0141. The van der Waals surface area contributed by atoms with Gasteiger partial charge >= 0.3 is 0 Å². The third kappa shape index (κ3) is 2.78. The number of rotatable bonds is 1. The molecule has 0 aliphatic rings. The lowest BCUT2D eigenvalue weighted by atomic mass is 9.82. The molecule has 31 heavy (non-hydrogen) atoms. The largest absolute Gasteiger partial charge is 0.438 e. The summed E-state index contributed by atoms with van der Waals surface area (Å²) in [6, 6.07) is 17.5. The maximum Gasteiger partial charge on any atom is 0.230 e. The molecule has 6 aromatic rings. The molecule has 0 N–H and O–H groups in total. The lowest BCUT2D eigenvalue weighted by Gasteiger charge is -2.22. The van der Waals surface area contributed by atoms with E-state index in [4.69, 9.17) is 9.40 Å². The van der Waals surface area contributed by atoms with Crippen molar-refractivity contribution in [2.24, 2.45) is 0 Å². The Morgan fingerprint density at radius 2 is 1.74 bits per heavy atom. The van der Waals surface area contributed by atoms with Gasteiger partial charge in [0.05, 0.1) is 11.1 Å². The first-order valence-corrected chi connectivity index (χ1v) is 11.4. The maximum atomic E-state index is 6.17. The Morgan fingerprint density at radius 1 is 0.903 bits per heavy atom. The van der Waals surface area contributed by atoms with Crippen LogP contribution in [0.15, 0.2) is 64.7 Å². The first-order chi connectivity index (χ1) is 14.9. The molecule has 3 aromatic heterocycles. The van der Waals surface area contributed by atoms with Crippen molar-refractivity contribution in [1.82, 2.24) is 9.97 Å². The zero-order valence-electron chi connectivity index (χ0n) is 18.0. The third-order valence-electron chi connectivity index (χ3n) is 6.10. The quantitative estimate of drug-likeness (QED) is 0.269. The standard InChI is InChI=1S/C27H22N2OS/c1-15-13-31-23-12-22-20(11-19(15)23)24-25(28-14-29-26(24)30-22)17-9-16-7-5-6-8-18(16)21(10-17)27(2,3)4/h5-14H,1-4H3. The second kappa shape index (κ2) is 6.38. The number of hydrogen-bond donors (Lipinski definition) is 0. The Labute approximate surface area is 184 Å². The molecule has 6 rings (SSSR count). The summed E-state index contributed by atoms with van der Waals surface area (Å²) in [7, 11) is 0. The van der Waals surface area contributed by atoms with Crippen molar-refractivity contribution in [2.75, 3.05) is 0 Å². The molecule has 0 bridgehead atoms. The molecule has 3 nitrogen and oxygen atoms in total. The van der Waals surface area contributed by atoms with Crippen LogP contribution in [0, 0.1) is 6.92 Å². The maximum absolute atomic E-state index is 6.17. The molecule has 3 aromatic carbocycles. The molecule has 152 valence electrons. The smallest absolute Gasteiger partial charge is 0.230 e. The van der Waals surface area contributed by atoms with Gasteiger partial charge in [0.2, 0.25) is 5.71 Å². The van der Waals surface area contributed by atoms with Crippen molar-refractivity contribution in [3.8, 4) is 11.3 Å². The molecular formula is C27H22N2OS. The molecule has 0 atom stereocenters. The van der Waals surface area contributed by atoms with Crippen LogP contribution in [0.25, 0.3) is 54.2 Å². The van der Waals surface area contributed by atoms with Crippen molar-refractivity contribution in [3.63, 3.8) is 0 Å². The van der Waals surface area contributed by atoms with Crippen LogP contribution in [0.3, 0.4) is 0 Å². The number of hydrogen-bond acceptors (Lipinski definition) is 4. The molecule has 0 spiro atoms. The van der Waals surface area contributed by atoms with Crippen molar-refractivity contribution < 1.29 is 4.42 Å². The topological polar surface area (TPSA) is 38.9 Å². The molecule has 0 aliphatic heterocycles. The molecule has 0 saturated carbocycles. The normalized spacial score (nSPS) is 12.5. The zero-order valence-corrected chi connectivity index (χ0v) is 18.8. The first-order valence-electron chi connectivity index (χ1n) is 10.5. The molecule has 0 radical (unpaired) electrons. The second-order valence-electron chi connectivity index (χ2n) is 9.26. The van der Waals surface area contributed by atoms with E-state index >= 15 is 0 Å². The monoisotopic (exact) mass is 422 g/mol. The Bertz CT molecular complexity index is 1630. The number of fused-ring (bicyclic) bond motifs is 5. The van der Waals surface area contributed by atoms with Crippen LogP contribution < -0.4 is 0 Å². The van der Waals surface area contributed by atoms with Gasteiger partial charge in [-0.2, -0.15) is 0 Å². The zero-order chi connectivity index (χ0) is 21.3. The fourth-order valence-corrected chi connectivity index (χ4v) is 5.50. The number of thiophene rings is 1. The van der Waals surface area contributed by atoms with Crippen molar-refractivity contribution in [2.45, 2.75) is 33.1 Å². The highest BCUT2D eigenvalue weighted by molar-refractivity contribution is 7.17. The fraction of sp³-hybridized carbons (Fsp3) is 0.185. The third-order valence-corrected chi connectivity index (χ3v) is 7.16. The molecule has 0 fully saturated rings. The minimum atomic E-state index is 0.0141. The average molecular weight is 423 g/mol. The molecular weight excluding hydrogens is 400 g/mol. The summed E-state index contributed by atoms with van der Waals surface area (Å²) in [6.45, 7) is 8.94. The Kier molecular flexibility index (Phi) is 3.81. The molecule has 0 amide bonds. The van der Waals surface area contributed by atoms with Crippen LogP contribution in [0.1, 0.15) is 31.9 Å². The van der Waals surface area contributed by atoms with Gasteiger partial charge in [-0.3, -0.25) is 0 Å². The summed E-state index contributed by atoms with van der Waals surface area (Å²) in [5.74, 6) is 0. The SMILES string of the molecule is Cc1csc2cc3oc4ncnc(-c5cc(C(C)(C)C)c6ccccc6c5)c4c3cc12. The average Bonchev–Trinajstić information content (AvgIpc) is 3.30. The van der Waals surface area contributed by atoms with Crippen LogP contribution in [0.4, 0.5) is 0 Å². The van der Waals surface area contributed by atoms with Crippen LogP contribution >= 0.6 is 11.3 Å². The predicted octanol–water partition coefficient (Wildman–Crippen LogP) is 8.02. The lowest BCUT2D eigenvalue weighted by molar-refractivity contribution is 0.596. The van der Waals surface area contributed by atoms with Gasteiger partial charge in [-0.1, -0.05) is 45.0 Å². The Morgan fingerprint density at radius 3 is 2.58 bits per heavy atom. The minimum Gasteiger partial charge on any atom is -0.438 e. The van der Waals surface area contributed by atoms with E-state index in [9.17, 15) is 0 Å². The van der Waals surface area contributed by atoms with E-state index in [2.05, 4.69) is 86.6 Å². The fourth-order valence-electron chi connectivity index (χ4n) is 4.54. The van der Waals surface area contributed by atoms with E-state index < -0.39 is 0 Å². The Hall–Kier alpha value is -3.24. The van der Waals surface area contributed by atoms with Gasteiger partial charge in [0, 0.05) is 15.6 Å². The van der Waals surface area contributed by atoms with Gasteiger partial charge in [0.1, 0.15) is 11.9 Å². The molecule has 0 unspecified atom stereocenters. The van der Waals surface area contributed by atoms with Gasteiger partial charge in [-0.25, -0.2) is 9.97 Å². The van der Waals surface area contributed by atoms with Gasteiger partial charge in [0.15, 0.2) is 0 Å². The van der Waals surface area contributed by atoms with E-state index in [-0.39, 0.29) is 5.41 Å². The van der Waals surface area contributed by atoms with E-state index in [1.807, 2.05) is 0 Å². The highest BCUT2D eigenvalue weighted by atomic mass is 32.1. The van der Waals surface area contributed by atoms with Crippen molar-refractivity contribution in [1.29, 1.82) is 0 Å². The molecule has 3 heterocycles. The number of nitrogens with zero attached hydrogens (tertiary/aromatic N) is 2. The van der Waals surface area contributed by atoms with Gasteiger partial charge in [0.25, 0.3) is 0 Å². The molecule has 4 heteroatoms. The van der Waals surface area contributed by atoms with E-state index in [0.717, 1.165) is 27.6 Å². The summed E-state index contributed by atoms with van der Waals surface area (Å²) in [4.78, 5) is 9.21. The number of benzene rings is 3. The highest BCUT2D eigenvalue weighted by Gasteiger charge is 2.21. The van der Waals surface area contributed by atoms with Crippen LogP contribution in [-0.4, -0.2) is 9.97 Å². The summed E-state index contributed by atoms with van der Waals surface area (Å²) >= 11 is 1.75. The van der Waals surface area contributed by atoms with Gasteiger partial charge in [-0.05, 0) is 69.3 Å². The predicted molar refractivity (Wildman–Crippen MR) is 131 cm³/mol. The second-order valence-corrected chi connectivity index (χ2v) is 10.2. The first kappa shape index (κ1) is 18.5. The van der Waals surface area contributed by atoms with Gasteiger partial charge < -0.3 is 4.42 Å².